The lowest BCUT2D eigenvalue weighted by Crippen LogP contribution is -2.43. The average molecular weight is 365 g/mol. The van der Waals surface area contributed by atoms with E-state index in [1.807, 2.05) is 24.3 Å². The SMILES string of the molecule is COC(=O)C(Cc1ccc(O)cc1)NC(=O)c1cc2ccccc2cc1O. The first-order chi connectivity index (χ1) is 13.0. The van der Waals surface area contributed by atoms with E-state index in [-0.39, 0.29) is 23.5 Å². The van der Waals surface area contributed by atoms with Gasteiger partial charge in [0.15, 0.2) is 0 Å². The standard InChI is InChI=1S/C21H19NO5/c1-27-21(26)18(10-13-6-8-16(23)9-7-13)22-20(25)17-11-14-4-2-3-5-15(14)12-19(17)24/h2-9,11-12,18,23-24H,10H2,1H3,(H,22,25). The van der Waals surface area contributed by atoms with Gasteiger partial charge < -0.3 is 20.3 Å². The molecule has 6 heteroatoms. The summed E-state index contributed by atoms with van der Waals surface area (Å²) < 4.78 is 4.78. The quantitative estimate of drug-likeness (QED) is 0.604. The van der Waals surface area contributed by atoms with Gasteiger partial charge in [-0.3, -0.25) is 4.79 Å². The molecule has 1 atom stereocenters. The number of benzene rings is 3. The van der Waals surface area contributed by atoms with Crippen LogP contribution in [0.5, 0.6) is 11.5 Å². The molecule has 3 rings (SSSR count). The number of ether oxygens (including phenoxy) is 1. The maximum atomic E-state index is 12.7. The zero-order valence-corrected chi connectivity index (χ0v) is 14.7. The number of phenolic OH excluding ortho intramolecular Hbond substituents is 2. The molecule has 0 saturated carbocycles. The minimum absolute atomic E-state index is 0.0771. The topological polar surface area (TPSA) is 95.9 Å². The van der Waals surface area contributed by atoms with E-state index in [1.54, 1.807) is 18.2 Å². The lowest BCUT2D eigenvalue weighted by molar-refractivity contribution is -0.142. The van der Waals surface area contributed by atoms with Gasteiger partial charge in [-0.05, 0) is 40.6 Å². The van der Waals surface area contributed by atoms with Crippen molar-refractivity contribution >= 4 is 22.6 Å². The highest BCUT2D eigenvalue weighted by molar-refractivity contribution is 6.02. The van der Waals surface area contributed by atoms with E-state index in [1.165, 1.54) is 25.3 Å². The number of nitrogens with one attached hydrogen (secondary N) is 1. The molecule has 27 heavy (non-hydrogen) atoms. The van der Waals surface area contributed by atoms with Gasteiger partial charge in [0.25, 0.3) is 5.91 Å². The first-order valence-corrected chi connectivity index (χ1v) is 8.36. The molecular formula is C21H19NO5. The van der Waals surface area contributed by atoms with Gasteiger partial charge in [-0.15, -0.1) is 0 Å². The number of phenols is 2. The molecule has 3 aromatic rings. The lowest BCUT2D eigenvalue weighted by Gasteiger charge is -2.17. The smallest absolute Gasteiger partial charge is 0.328 e. The van der Waals surface area contributed by atoms with Gasteiger partial charge in [-0.2, -0.15) is 0 Å². The van der Waals surface area contributed by atoms with Crippen molar-refractivity contribution in [3.05, 3.63) is 71.8 Å². The molecule has 6 nitrogen and oxygen atoms in total. The third-order valence-corrected chi connectivity index (χ3v) is 4.28. The van der Waals surface area contributed by atoms with Crippen LogP contribution in [-0.4, -0.2) is 35.2 Å². The molecule has 1 amide bonds. The van der Waals surface area contributed by atoms with Crippen molar-refractivity contribution in [2.24, 2.45) is 0 Å². The molecule has 3 aromatic carbocycles. The third kappa shape index (κ3) is 4.17. The summed E-state index contributed by atoms with van der Waals surface area (Å²) in [4.78, 5) is 24.8. The summed E-state index contributed by atoms with van der Waals surface area (Å²) >= 11 is 0. The fraction of sp³-hybridized carbons (Fsp3) is 0.143. The summed E-state index contributed by atoms with van der Waals surface area (Å²) in [7, 11) is 1.24. The molecule has 3 N–H and O–H groups in total. The molecule has 0 heterocycles. The van der Waals surface area contributed by atoms with Crippen LogP contribution in [0.3, 0.4) is 0 Å². The van der Waals surface area contributed by atoms with E-state index >= 15 is 0 Å². The summed E-state index contributed by atoms with van der Waals surface area (Å²) in [6.07, 6.45) is 0.188. The molecule has 0 bridgehead atoms. The molecule has 0 radical (unpaired) electrons. The van der Waals surface area contributed by atoms with Crippen LogP contribution in [0, 0.1) is 0 Å². The minimum atomic E-state index is -0.932. The number of amides is 1. The number of carbonyl (C=O) groups is 2. The molecule has 0 spiro atoms. The van der Waals surface area contributed by atoms with Gasteiger partial charge >= 0.3 is 5.97 Å². The van der Waals surface area contributed by atoms with E-state index in [9.17, 15) is 19.8 Å². The maximum absolute atomic E-state index is 12.7. The number of fused-ring (bicyclic) bond motifs is 1. The van der Waals surface area contributed by atoms with Crippen LogP contribution < -0.4 is 5.32 Å². The van der Waals surface area contributed by atoms with E-state index in [0.29, 0.717) is 0 Å². The van der Waals surface area contributed by atoms with E-state index in [2.05, 4.69) is 5.32 Å². The van der Waals surface area contributed by atoms with Gasteiger partial charge in [0.2, 0.25) is 0 Å². The Bertz CT molecular complexity index is 982. The molecule has 0 aromatic heterocycles. The molecule has 138 valence electrons. The first kappa shape index (κ1) is 18.3. The Morgan fingerprint density at radius 1 is 1.00 bits per heavy atom. The predicted molar refractivity (Wildman–Crippen MR) is 101 cm³/mol. The number of carbonyl (C=O) groups excluding carboxylic acids is 2. The van der Waals surface area contributed by atoms with Crippen LogP contribution in [0.4, 0.5) is 0 Å². The fourth-order valence-corrected chi connectivity index (χ4v) is 2.85. The summed E-state index contributed by atoms with van der Waals surface area (Å²) in [6.45, 7) is 0. The Balaban J connectivity index is 1.84. The van der Waals surface area contributed by atoms with Crippen LogP contribution in [0.15, 0.2) is 60.7 Å². The Kier molecular flexibility index (Phi) is 5.26. The molecule has 0 aliphatic heterocycles. The van der Waals surface area contributed by atoms with Gasteiger partial charge in [-0.1, -0.05) is 36.4 Å². The Morgan fingerprint density at radius 3 is 2.26 bits per heavy atom. The van der Waals surface area contributed by atoms with Crippen molar-refractivity contribution in [2.45, 2.75) is 12.5 Å². The molecule has 0 aliphatic carbocycles. The monoisotopic (exact) mass is 365 g/mol. The van der Waals surface area contributed by atoms with Crippen molar-refractivity contribution in [3.8, 4) is 11.5 Å². The second kappa shape index (κ2) is 7.78. The van der Waals surface area contributed by atoms with Gasteiger partial charge in [-0.25, -0.2) is 4.79 Å². The average Bonchev–Trinajstić information content (AvgIpc) is 2.67. The number of hydrogen-bond donors (Lipinski definition) is 3. The first-order valence-electron chi connectivity index (χ1n) is 8.36. The van der Waals surface area contributed by atoms with Gasteiger partial charge in [0, 0.05) is 6.42 Å². The number of esters is 1. The Hall–Kier alpha value is -3.54. The molecule has 0 fully saturated rings. The van der Waals surface area contributed by atoms with Gasteiger partial charge in [0.05, 0.1) is 12.7 Å². The number of rotatable bonds is 5. The highest BCUT2D eigenvalue weighted by atomic mass is 16.5. The number of methoxy groups -OCH3 is 1. The third-order valence-electron chi connectivity index (χ3n) is 4.28. The second-order valence-electron chi connectivity index (χ2n) is 6.14. The highest BCUT2D eigenvalue weighted by Gasteiger charge is 2.24. The van der Waals surface area contributed by atoms with E-state index in [4.69, 9.17) is 4.74 Å². The minimum Gasteiger partial charge on any atom is -0.508 e. The van der Waals surface area contributed by atoms with Crippen LogP contribution >= 0.6 is 0 Å². The van der Waals surface area contributed by atoms with Crippen LogP contribution in [0.25, 0.3) is 10.8 Å². The normalized spacial score (nSPS) is 11.7. The predicted octanol–water partition coefficient (Wildman–Crippen LogP) is 2.77. The molecular weight excluding hydrogens is 346 g/mol. The van der Waals surface area contributed by atoms with Crippen molar-refractivity contribution < 1.29 is 24.5 Å². The van der Waals surface area contributed by atoms with Crippen LogP contribution in [0.2, 0.25) is 0 Å². The lowest BCUT2D eigenvalue weighted by atomic mass is 10.0. The highest BCUT2D eigenvalue weighted by Crippen LogP contribution is 2.25. The van der Waals surface area contributed by atoms with Crippen LogP contribution in [-0.2, 0) is 16.0 Å². The van der Waals surface area contributed by atoms with E-state index in [0.717, 1.165) is 16.3 Å². The zero-order chi connectivity index (χ0) is 19.4. The molecule has 1 unspecified atom stereocenters. The van der Waals surface area contributed by atoms with E-state index < -0.39 is 17.9 Å². The van der Waals surface area contributed by atoms with Crippen molar-refractivity contribution in [2.75, 3.05) is 7.11 Å². The molecule has 0 saturated heterocycles. The zero-order valence-electron chi connectivity index (χ0n) is 14.7. The van der Waals surface area contributed by atoms with Crippen LogP contribution in [0.1, 0.15) is 15.9 Å². The molecule has 0 aliphatic rings. The summed E-state index contributed by atoms with van der Waals surface area (Å²) in [6, 6.07) is 15.8. The summed E-state index contributed by atoms with van der Waals surface area (Å²) in [5.74, 6) is -1.23. The van der Waals surface area contributed by atoms with Crippen molar-refractivity contribution in [1.29, 1.82) is 0 Å². The number of aromatic hydroxyl groups is 2. The largest absolute Gasteiger partial charge is 0.508 e. The second-order valence-corrected chi connectivity index (χ2v) is 6.14. The maximum Gasteiger partial charge on any atom is 0.328 e. The number of hydrogen-bond acceptors (Lipinski definition) is 5. The van der Waals surface area contributed by atoms with Gasteiger partial charge in [0.1, 0.15) is 17.5 Å². The van der Waals surface area contributed by atoms with Crippen molar-refractivity contribution in [3.63, 3.8) is 0 Å². The summed E-state index contributed by atoms with van der Waals surface area (Å²) in [5.41, 5.74) is 0.819. The Labute approximate surface area is 156 Å². The fourth-order valence-electron chi connectivity index (χ4n) is 2.85. The Morgan fingerprint density at radius 2 is 1.63 bits per heavy atom. The van der Waals surface area contributed by atoms with Crippen molar-refractivity contribution in [1.82, 2.24) is 5.32 Å². The summed E-state index contributed by atoms with van der Waals surface area (Å²) in [5, 5.41) is 23.8.